The van der Waals surface area contributed by atoms with Crippen LogP contribution in [0.4, 0.5) is 0 Å². The van der Waals surface area contributed by atoms with Gasteiger partial charge in [0.25, 0.3) is 0 Å². The first-order valence-electron chi connectivity index (χ1n) is 48.7. The molecule has 0 atom stereocenters. The van der Waals surface area contributed by atoms with Gasteiger partial charge in [0.15, 0.2) is 5.41 Å². The van der Waals surface area contributed by atoms with Crippen molar-refractivity contribution in [3.8, 4) is 0 Å². The second-order valence-electron chi connectivity index (χ2n) is 29.6. The van der Waals surface area contributed by atoms with Crippen LogP contribution in [0, 0.1) is 5.41 Å². The minimum absolute atomic E-state index is 0.00625. The maximum atomic E-state index is 14.4. The van der Waals surface area contributed by atoms with Gasteiger partial charge < -0.3 is 161 Å². The molecule has 36 nitrogen and oxygen atoms in total. The second-order valence-corrected chi connectivity index (χ2v) is 29.6. The molecule has 0 aromatic heterocycles. The van der Waals surface area contributed by atoms with E-state index in [4.69, 9.17) is 161 Å². The van der Waals surface area contributed by atoms with Crippen LogP contribution in [0.1, 0.15) is 155 Å². The van der Waals surface area contributed by atoms with E-state index in [1.807, 2.05) is 0 Å². The lowest BCUT2D eigenvalue weighted by molar-refractivity contribution is -0.176. The number of rotatable bonds is 120. The molecule has 0 radical (unpaired) electrons. The lowest BCUT2D eigenvalue weighted by Crippen LogP contribution is -2.43. The molecule has 0 fully saturated rings. The van der Waals surface area contributed by atoms with E-state index >= 15 is 0 Å². The summed E-state index contributed by atoms with van der Waals surface area (Å²) in [4.78, 5) is 28.8. The first kappa shape index (κ1) is 127. The van der Waals surface area contributed by atoms with Gasteiger partial charge in [-0.3, -0.25) is 9.59 Å². The molecule has 0 spiro atoms. The maximum Gasteiger partial charge on any atom is 0.323 e. The molecule has 0 aliphatic rings. The van der Waals surface area contributed by atoms with Crippen LogP contribution in [-0.2, 0) is 171 Å². The molecule has 0 unspecified atom stereocenters. The highest BCUT2D eigenvalue weighted by Gasteiger charge is 2.48. The third-order valence-corrected chi connectivity index (χ3v) is 18.9. The van der Waals surface area contributed by atoms with Crippen LogP contribution in [0.25, 0.3) is 0 Å². The summed E-state index contributed by atoms with van der Waals surface area (Å²) in [6, 6.07) is 0. The van der Waals surface area contributed by atoms with Crippen LogP contribution in [0.5, 0.6) is 0 Å². The zero-order valence-corrected chi connectivity index (χ0v) is 81.0. The van der Waals surface area contributed by atoms with Gasteiger partial charge in [0, 0.05) is 14.2 Å². The van der Waals surface area contributed by atoms with Gasteiger partial charge in [-0.15, -0.1) is 0 Å². The number of methoxy groups -OCH3 is 2. The van der Waals surface area contributed by atoms with Crippen LogP contribution in [0.15, 0.2) is 0 Å². The highest BCUT2D eigenvalue weighted by molar-refractivity contribution is 6.00. The number of hydrogen-bond acceptors (Lipinski definition) is 36. The predicted molar refractivity (Wildman–Crippen MR) is 486 cm³/mol. The first-order chi connectivity index (χ1) is 64.1. The smallest absolute Gasteiger partial charge is 0.323 e. The monoisotopic (exact) mass is 1880 g/mol. The SMILES string of the molecule is CCCCCCCCCCCCC(CCCCCCCCCCCC)(C(=O)OCCOCCOCCOCCOCCOCCOCCOCCOCCOCCOCCOCCOCCOCCOCCOCCOC)C(=O)OCCOCCOCCOCCOCCOCCOCCOCCOCCOCCOCCOCCOCCOCCOCCOCCOC. The molecule has 0 saturated carbocycles. The highest BCUT2D eigenvalue weighted by atomic mass is 16.6. The number of ether oxygens (including phenoxy) is 34. The molecule has 36 heteroatoms. The standard InChI is InChI=1S/C93H184O36/c1-5-7-9-11-13-15-17-19-21-23-25-93(26-24-22-20-18-16-14-12-10-8-6-2,91(94)128-89-87-126-85-83-124-81-79-122-77-75-120-73-71-118-69-67-116-65-63-114-61-59-112-57-55-110-53-51-108-49-47-106-45-43-104-41-39-102-37-35-100-33-31-98-29-27-96-3)92(95)129-90-88-127-86-84-125-82-80-123-78-76-121-74-72-119-70-68-117-66-64-115-62-60-113-58-56-111-54-52-109-50-48-107-46-44-105-42-40-103-38-36-101-34-32-99-30-28-97-4/h5-90H2,1-4H3. The van der Waals surface area contributed by atoms with Crippen LogP contribution in [0.2, 0.25) is 0 Å². The summed E-state index contributed by atoms with van der Waals surface area (Å²) in [7, 11) is 3.29. The van der Waals surface area contributed by atoms with Crippen LogP contribution < -0.4 is 0 Å². The molecule has 0 aromatic rings. The molecule has 0 rings (SSSR count). The average Bonchev–Trinajstić information content (AvgIpc) is 0.808. The molecule has 0 aliphatic heterocycles. The summed E-state index contributed by atoms with van der Waals surface area (Å²) in [6.45, 7) is 33.0. The molecule has 129 heavy (non-hydrogen) atoms. The van der Waals surface area contributed by atoms with Crippen LogP contribution in [0.3, 0.4) is 0 Å². The number of unbranched alkanes of at least 4 members (excludes halogenated alkanes) is 18. The molecular formula is C93H184O36. The summed E-state index contributed by atoms with van der Waals surface area (Å²) < 4.78 is 189. The topological polar surface area (TPSA) is 348 Å². The number of esters is 2. The lowest BCUT2D eigenvalue weighted by Gasteiger charge is -2.30. The van der Waals surface area contributed by atoms with Gasteiger partial charge in [0.2, 0.25) is 0 Å². The molecule has 0 aromatic carbocycles. The molecular weight excluding hydrogens is 1690 g/mol. The van der Waals surface area contributed by atoms with E-state index in [2.05, 4.69) is 13.8 Å². The Morgan fingerprint density at radius 1 is 0.140 bits per heavy atom. The van der Waals surface area contributed by atoms with Gasteiger partial charge in [-0.1, -0.05) is 142 Å². The molecule has 0 amide bonds. The van der Waals surface area contributed by atoms with E-state index in [1.54, 1.807) is 14.2 Å². The average molecular weight is 1880 g/mol. The van der Waals surface area contributed by atoms with Gasteiger partial charge in [0.05, 0.1) is 410 Å². The van der Waals surface area contributed by atoms with Crippen LogP contribution >= 0.6 is 0 Å². The van der Waals surface area contributed by atoms with Gasteiger partial charge in [-0.25, -0.2) is 0 Å². The molecule has 0 heterocycles. The van der Waals surface area contributed by atoms with Crippen molar-refractivity contribution in [2.75, 3.05) is 437 Å². The summed E-state index contributed by atoms with van der Waals surface area (Å²) in [5, 5.41) is 0. The zero-order chi connectivity index (χ0) is 92.5. The number of hydrogen-bond donors (Lipinski definition) is 0. The zero-order valence-electron chi connectivity index (χ0n) is 81.0. The quantitative estimate of drug-likeness (QED) is 0.0310. The van der Waals surface area contributed by atoms with Gasteiger partial charge >= 0.3 is 11.9 Å². The first-order valence-corrected chi connectivity index (χ1v) is 48.7. The Morgan fingerprint density at radius 3 is 0.357 bits per heavy atom. The van der Waals surface area contributed by atoms with Crippen molar-refractivity contribution in [1.29, 1.82) is 0 Å². The Balaban J connectivity index is 4.20. The summed E-state index contributed by atoms with van der Waals surface area (Å²) in [5.41, 5.74) is -1.42. The van der Waals surface area contributed by atoms with E-state index in [-0.39, 0.29) is 26.4 Å². The Bertz CT molecular complexity index is 1920. The number of carbonyl (C=O) groups excluding carboxylic acids is 2. The van der Waals surface area contributed by atoms with Crippen molar-refractivity contribution in [2.45, 2.75) is 155 Å². The highest BCUT2D eigenvalue weighted by Crippen LogP contribution is 2.36. The summed E-state index contributed by atoms with van der Waals surface area (Å²) >= 11 is 0. The predicted octanol–water partition coefficient (Wildman–Crippen LogP) is 9.47. The summed E-state index contributed by atoms with van der Waals surface area (Å²) in [6.07, 6.45) is 23.5. The maximum absolute atomic E-state index is 14.4. The van der Waals surface area contributed by atoms with Crippen molar-refractivity contribution in [1.82, 2.24) is 0 Å². The Labute approximate surface area is 776 Å². The van der Waals surface area contributed by atoms with E-state index < -0.39 is 17.4 Å². The fourth-order valence-electron chi connectivity index (χ4n) is 11.8. The Hall–Kier alpha value is -2.34. The molecule has 0 aliphatic carbocycles. The molecule has 0 saturated heterocycles. The van der Waals surface area contributed by atoms with Crippen molar-refractivity contribution >= 4 is 11.9 Å². The summed E-state index contributed by atoms with van der Waals surface area (Å²) in [5.74, 6) is -1.09. The fourth-order valence-corrected chi connectivity index (χ4v) is 11.8. The third kappa shape index (κ3) is 104. The van der Waals surface area contributed by atoms with Crippen molar-refractivity contribution in [2.24, 2.45) is 5.41 Å². The van der Waals surface area contributed by atoms with E-state index in [0.29, 0.717) is 409 Å². The number of carbonyl (C=O) groups is 2. The van der Waals surface area contributed by atoms with E-state index in [0.717, 1.165) is 51.4 Å². The Morgan fingerprint density at radius 2 is 0.240 bits per heavy atom. The van der Waals surface area contributed by atoms with Crippen molar-refractivity contribution in [3.05, 3.63) is 0 Å². The minimum Gasteiger partial charge on any atom is -0.462 e. The molecule has 0 N–H and O–H groups in total. The van der Waals surface area contributed by atoms with Crippen molar-refractivity contribution < 1.29 is 171 Å². The third-order valence-electron chi connectivity index (χ3n) is 18.9. The van der Waals surface area contributed by atoms with E-state index in [1.165, 1.54) is 77.0 Å². The molecule has 0 bridgehead atoms. The van der Waals surface area contributed by atoms with Gasteiger partial charge in [-0.2, -0.15) is 0 Å². The van der Waals surface area contributed by atoms with Gasteiger partial charge in [0.1, 0.15) is 13.2 Å². The van der Waals surface area contributed by atoms with E-state index in [9.17, 15) is 9.59 Å². The van der Waals surface area contributed by atoms with Crippen LogP contribution in [-0.4, -0.2) is 449 Å². The lowest BCUT2D eigenvalue weighted by atomic mass is 9.77. The normalized spacial score (nSPS) is 11.9. The van der Waals surface area contributed by atoms with Crippen molar-refractivity contribution in [3.63, 3.8) is 0 Å². The molecule has 772 valence electrons. The van der Waals surface area contributed by atoms with Gasteiger partial charge in [-0.05, 0) is 12.8 Å². The largest absolute Gasteiger partial charge is 0.462 e. The minimum atomic E-state index is -1.42. The Kier molecular flexibility index (Phi) is 114. The fraction of sp³-hybridized carbons (Fsp3) is 0.978. The second kappa shape index (κ2) is 116.